The van der Waals surface area contributed by atoms with Gasteiger partial charge in [-0.3, -0.25) is 0 Å². The van der Waals surface area contributed by atoms with Crippen molar-refractivity contribution >= 4 is 17.6 Å². The lowest BCUT2D eigenvalue weighted by molar-refractivity contribution is -0.0722. The number of anilines is 1. The lowest BCUT2D eigenvalue weighted by atomic mass is 10.0. The first-order valence-corrected chi connectivity index (χ1v) is 12.2. The molecule has 3 aromatic rings. The molecule has 5 rings (SSSR count). The van der Waals surface area contributed by atoms with Crippen molar-refractivity contribution in [1.29, 1.82) is 0 Å². The van der Waals surface area contributed by atoms with Crippen molar-refractivity contribution in [3.8, 4) is 17.1 Å². The van der Waals surface area contributed by atoms with E-state index in [2.05, 4.69) is 20.4 Å². The molecule has 1 aliphatic heterocycles. The van der Waals surface area contributed by atoms with Gasteiger partial charge in [0.25, 0.3) is 5.92 Å². The number of ether oxygens (including phenoxy) is 2. The Morgan fingerprint density at radius 3 is 2.58 bits per heavy atom. The number of aromatic nitrogens is 4. The third-order valence-corrected chi connectivity index (χ3v) is 6.24. The molecule has 13 heteroatoms. The Bertz CT molecular complexity index is 1390. The van der Waals surface area contributed by atoms with Crippen LogP contribution in [0.3, 0.4) is 0 Å². The highest BCUT2D eigenvalue weighted by molar-refractivity contribution is 5.69. The van der Waals surface area contributed by atoms with Crippen LogP contribution in [0, 0.1) is 11.6 Å². The van der Waals surface area contributed by atoms with E-state index in [1.165, 1.54) is 17.8 Å². The van der Waals surface area contributed by atoms with Crippen LogP contribution < -0.4 is 10.1 Å². The summed E-state index contributed by atoms with van der Waals surface area (Å²) in [6.07, 6.45) is 1.66. The van der Waals surface area contributed by atoms with Gasteiger partial charge in [0, 0.05) is 31.0 Å². The molecule has 4 heterocycles. The molecule has 3 aromatic heterocycles. The van der Waals surface area contributed by atoms with Crippen LogP contribution in [0.15, 0.2) is 18.3 Å². The van der Waals surface area contributed by atoms with Gasteiger partial charge in [-0.1, -0.05) is 0 Å². The zero-order chi connectivity index (χ0) is 27.4. The zero-order valence-corrected chi connectivity index (χ0v) is 21.4. The van der Waals surface area contributed by atoms with E-state index in [1.54, 1.807) is 26.8 Å². The molecule has 0 bridgehead atoms. The molecule has 0 spiro atoms. The number of carbonyl (C=O) groups is 1. The maximum Gasteiger partial charge on any atom is 0.410 e. The number of alkyl halides is 2. The number of carbonyl (C=O) groups excluding carboxylic acids is 1. The van der Waals surface area contributed by atoms with Crippen LogP contribution in [-0.2, 0) is 4.74 Å². The van der Waals surface area contributed by atoms with Crippen LogP contribution in [0.1, 0.15) is 51.6 Å². The molecule has 2 fully saturated rings. The molecule has 0 unspecified atom stereocenters. The second-order valence-corrected chi connectivity index (χ2v) is 10.7. The van der Waals surface area contributed by atoms with Crippen molar-refractivity contribution < 1.29 is 31.8 Å². The zero-order valence-electron chi connectivity index (χ0n) is 21.4. The van der Waals surface area contributed by atoms with Crippen molar-refractivity contribution in [3.05, 3.63) is 35.7 Å². The summed E-state index contributed by atoms with van der Waals surface area (Å²) in [6.45, 7) is 3.87. The van der Waals surface area contributed by atoms with E-state index in [0.29, 0.717) is 23.2 Å². The quantitative estimate of drug-likeness (QED) is 0.458. The lowest BCUT2D eigenvalue weighted by Crippen LogP contribution is -2.54. The van der Waals surface area contributed by atoms with Gasteiger partial charge in [-0.05, 0) is 33.6 Å². The van der Waals surface area contributed by atoms with Crippen LogP contribution in [0.4, 0.5) is 28.2 Å². The Balaban J connectivity index is 1.45. The van der Waals surface area contributed by atoms with E-state index < -0.39 is 54.1 Å². The first kappa shape index (κ1) is 26.0. The van der Waals surface area contributed by atoms with E-state index in [9.17, 15) is 22.4 Å². The van der Waals surface area contributed by atoms with Crippen molar-refractivity contribution in [3.63, 3.8) is 0 Å². The molecule has 1 amide bonds. The molecule has 204 valence electrons. The number of methoxy groups -OCH3 is 1. The Morgan fingerprint density at radius 2 is 1.92 bits per heavy atom. The second-order valence-electron chi connectivity index (χ2n) is 10.7. The van der Waals surface area contributed by atoms with Crippen LogP contribution in [0.5, 0.6) is 5.75 Å². The first-order valence-electron chi connectivity index (χ1n) is 12.2. The van der Waals surface area contributed by atoms with Gasteiger partial charge in [-0.2, -0.15) is 5.10 Å². The van der Waals surface area contributed by atoms with Gasteiger partial charge in [0.1, 0.15) is 28.4 Å². The fourth-order valence-corrected chi connectivity index (χ4v) is 4.48. The number of halogens is 4. The molecule has 1 saturated carbocycles. The number of imidazole rings is 1. The average molecular weight is 537 g/mol. The molecule has 1 atom stereocenters. The van der Waals surface area contributed by atoms with Crippen LogP contribution in [-0.4, -0.2) is 68.3 Å². The normalized spacial score (nSPS) is 19.5. The van der Waals surface area contributed by atoms with Crippen molar-refractivity contribution in [2.75, 3.05) is 25.5 Å². The summed E-state index contributed by atoms with van der Waals surface area (Å²) in [6, 6.07) is 1.24. The summed E-state index contributed by atoms with van der Waals surface area (Å²) in [5, 5.41) is 7.22. The minimum atomic E-state index is -3.25. The molecule has 0 aromatic carbocycles. The van der Waals surface area contributed by atoms with Gasteiger partial charge < -0.3 is 19.7 Å². The largest absolute Gasteiger partial charge is 0.495 e. The van der Waals surface area contributed by atoms with Crippen molar-refractivity contribution in [1.82, 2.24) is 24.5 Å². The first-order chi connectivity index (χ1) is 17.8. The van der Waals surface area contributed by atoms with E-state index in [0.717, 1.165) is 17.7 Å². The number of hydrogen-bond donors (Lipinski definition) is 1. The third-order valence-electron chi connectivity index (χ3n) is 6.24. The fraction of sp³-hybridized carbons (Fsp3) is 0.520. The number of piperidine rings is 1. The molecule has 9 nitrogen and oxygen atoms in total. The number of likely N-dealkylation sites (tertiary alicyclic amines) is 1. The minimum Gasteiger partial charge on any atom is -0.495 e. The number of pyridine rings is 1. The van der Waals surface area contributed by atoms with E-state index in [-0.39, 0.29) is 23.9 Å². The van der Waals surface area contributed by atoms with Gasteiger partial charge in [0.15, 0.2) is 23.1 Å². The molecule has 38 heavy (non-hydrogen) atoms. The number of nitrogens with one attached hydrogen (secondary N) is 1. The minimum absolute atomic E-state index is 0.162. The van der Waals surface area contributed by atoms with Crippen LogP contribution in [0.2, 0.25) is 0 Å². The lowest BCUT2D eigenvalue weighted by Gasteiger charge is -2.38. The predicted octanol–water partition coefficient (Wildman–Crippen LogP) is 5.01. The summed E-state index contributed by atoms with van der Waals surface area (Å²) >= 11 is 0. The Labute approximate surface area is 216 Å². The fourth-order valence-electron chi connectivity index (χ4n) is 4.48. The van der Waals surface area contributed by atoms with Gasteiger partial charge in [-0.25, -0.2) is 36.8 Å². The molecular formula is C25H28F4N6O3. The molecule has 1 N–H and O–H groups in total. The highest BCUT2D eigenvalue weighted by atomic mass is 19.3. The molecular weight excluding hydrogens is 508 g/mol. The topological polar surface area (TPSA) is 93.9 Å². The molecule has 1 aliphatic carbocycles. The third kappa shape index (κ3) is 5.32. The maximum absolute atomic E-state index is 15.0. The van der Waals surface area contributed by atoms with E-state index >= 15 is 0 Å². The molecule has 2 aliphatic rings. The predicted molar refractivity (Wildman–Crippen MR) is 129 cm³/mol. The standard InChI is InChI=1S/C25H28F4N6O3/c1-24(2,3)38-23(36)34-11-14(9-25(28,29)12-34)31-22-16(27)7-15(26)21(32-22)17-10-30-19-8-18(37-4)20(13-5-6-13)33-35(17)19/h7-8,10,13-14H,5-6,9,11-12H2,1-4H3,(H,31,32)/t14-/m1/s1. The van der Waals surface area contributed by atoms with E-state index in [1.807, 2.05) is 0 Å². The summed E-state index contributed by atoms with van der Waals surface area (Å²) in [4.78, 5) is 21.7. The Kier molecular flexibility index (Phi) is 6.35. The highest BCUT2D eigenvalue weighted by Gasteiger charge is 2.43. The molecule has 0 radical (unpaired) electrons. The Hall–Kier alpha value is -3.64. The SMILES string of the molecule is COc1cc2ncc(-c3nc(N[C@H]4CN(C(=O)OC(C)(C)C)CC(F)(F)C4)c(F)cc3F)n2nc1C1CC1. The average Bonchev–Trinajstić information content (AvgIpc) is 3.58. The maximum atomic E-state index is 15.0. The van der Waals surface area contributed by atoms with Crippen molar-refractivity contribution in [2.45, 2.75) is 63.5 Å². The van der Waals surface area contributed by atoms with E-state index in [4.69, 9.17) is 9.47 Å². The van der Waals surface area contributed by atoms with Gasteiger partial charge in [0.2, 0.25) is 0 Å². The number of rotatable bonds is 5. The number of fused-ring (bicyclic) bond motifs is 1. The second kappa shape index (κ2) is 9.28. The number of amides is 1. The van der Waals surface area contributed by atoms with Gasteiger partial charge in [-0.15, -0.1) is 0 Å². The highest BCUT2D eigenvalue weighted by Crippen LogP contribution is 2.43. The monoisotopic (exact) mass is 536 g/mol. The summed E-state index contributed by atoms with van der Waals surface area (Å²) in [5.74, 6) is -4.93. The summed E-state index contributed by atoms with van der Waals surface area (Å²) in [5.41, 5.74) is 0.104. The number of hydrogen-bond acceptors (Lipinski definition) is 7. The summed E-state index contributed by atoms with van der Waals surface area (Å²) < 4.78 is 70.8. The van der Waals surface area contributed by atoms with Gasteiger partial charge in [0.05, 0.1) is 25.9 Å². The number of nitrogens with zero attached hydrogens (tertiary/aromatic N) is 5. The summed E-state index contributed by atoms with van der Waals surface area (Å²) in [7, 11) is 1.53. The van der Waals surface area contributed by atoms with Crippen molar-refractivity contribution in [2.24, 2.45) is 0 Å². The van der Waals surface area contributed by atoms with Gasteiger partial charge >= 0.3 is 6.09 Å². The smallest absolute Gasteiger partial charge is 0.410 e. The molecule has 1 saturated heterocycles. The Morgan fingerprint density at radius 1 is 1.18 bits per heavy atom. The van der Waals surface area contributed by atoms with Crippen LogP contribution >= 0.6 is 0 Å². The van der Waals surface area contributed by atoms with Crippen LogP contribution in [0.25, 0.3) is 17.0 Å².